The molecule has 3 spiro atoms. The lowest BCUT2D eigenvalue weighted by atomic mass is 9.55. The Bertz CT molecular complexity index is 3260. The van der Waals surface area contributed by atoms with Crippen LogP contribution >= 0.6 is 21.6 Å². The van der Waals surface area contributed by atoms with Crippen molar-refractivity contribution in [3.8, 4) is 52.4 Å². The maximum atomic E-state index is 13.6. The van der Waals surface area contributed by atoms with E-state index in [0.29, 0.717) is 59.2 Å². The summed E-state index contributed by atoms with van der Waals surface area (Å²) in [6.07, 6.45) is 12.7. The molecule has 90 heavy (non-hydrogen) atoms. The zero-order valence-electron chi connectivity index (χ0n) is 53.0. The number of aliphatic hydroxyl groups excluding tert-OH is 4. The van der Waals surface area contributed by atoms with Crippen LogP contribution in [-0.2, 0) is 46.4 Å². The van der Waals surface area contributed by atoms with Gasteiger partial charge < -0.3 is 66.0 Å². The minimum atomic E-state index is -1.30. The molecule has 19 heteroatoms. The van der Waals surface area contributed by atoms with Gasteiger partial charge >= 0.3 is 0 Å². The molecule has 3 fully saturated rings. The topological polar surface area (TPSA) is 267 Å². The molecule has 12 atom stereocenters. The molecule has 17 nitrogen and oxygen atoms in total. The Morgan fingerprint density at radius 1 is 0.889 bits per heavy atom. The molecule has 3 aromatic rings. The second kappa shape index (κ2) is 28.6. The van der Waals surface area contributed by atoms with E-state index in [1.807, 2.05) is 6.07 Å². The van der Waals surface area contributed by atoms with E-state index in [1.165, 1.54) is 11.6 Å². The highest BCUT2D eigenvalue weighted by Crippen LogP contribution is 2.65. The standard InChI is InChI=1S/C71H95N5O12S2/c1-43(2)60-38-90-89-37-57-56-32-55-46-13-17-51(81)30-50(80)16-12-45-15-19-61(83)64(87-42-78)53(45)10-7-9-47(29-46)63(65(55)88-66(56)84)86-41-74-71(24-8-11-59(57)75-67(72)76-60)40-69(25-20-49(71)34-70(22-5-6-23-70)62(36-77)85-4)28-27-68(39-69)26-21-58(73-35-44(3)79)54-31-52(82)18-14-48(54)33-68/h14-15,18-19,29,31,43,49,51,56-60,62,66,73-74,77-78,81-84H,5-6,9,12-13,16-17,20-28,30,32-42H2,1-4H3,(H3,72,75,76). The molecule has 488 valence electrons. The summed E-state index contributed by atoms with van der Waals surface area (Å²) in [5.41, 5.74) is 11.6. The fourth-order valence-electron chi connectivity index (χ4n) is 17.4. The van der Waals surface area contributed by atoms with Crippen molar-refractivity contribution in [3.63, 3.8) is 0 Å². The quantitative estimate of drug-likeness (QED) is 0.0489. The first-order valence-electron chi connectivity index (χ1n) is 33.0. The van der Waals surface area contributed by atoms with Crippen molar-refractivity contribution in [1.29, 1.82) is 0 Å². The lowest BCUT2D eigenvalue weighted by Gasteiger charge is -2.54. The predicted molar refractivity (Wildman–Crippen MR) is 350 cm³/mol. The zero-order valence-corrected chi connectivity index (χ0v) is 54.6. The molecule has 0 aromatic heterocycles. The lowest BCUT2D eigenvalue weighted by molar-refractivity contribution is -0.121. The summed E-state index contributed by atoms with van der Waals surface area (Å²) in [6, 6.07) is 10.4. The molecule has 4 aliphatic heterocycles. The smallest absolute Gasteiger partial charge is 0.201 e. The number of aliphatic imine (C=N–C) groups is 1. The van der Waals surface area contributed by atoms with Gasteiger partial charge in [-0.2, -0.15) is 0 Å². The van der Waals surface area contributed by atoms with Crippen LogP contribution in [0, 0.1) is 63.6 Å². The number of carbonyl (C=O) groups is 2. The molecule has 5 aliphatic carbocycles. The van der Waals surface area contributed by atoms with Crippen LogP contribution in [0.5, 0.6) is 28.7 Å². The number of aryl methyl sites for hydroxylation is 2. The first kappa shape index (κ1) is 66.3. The van der Waals surface area contributed by atoms with Crippen LogP contribution in [0.4, 0.5) is 0 Å². The molecule has 12 unspecified atom stereocenters. The number of guanidine groups is 1. The van der Waals surface area contributed by atoms with E-state index in [0.717, 1.165) is 112 Å². The van der Waals surface area contributed by atoms with Crippen molar-refractivity contribution in [3.05, 3.63) is 75.3 Å². The van der Waals surface area contributed by atoms with Crippen LogP contribution in [0.1, 0.15) is 175 Å². The van der Waals surface area contributed by atoms with Gasteiger partial charge in [-0.25, -0.2) is 4.99 Å². The van der Waals surface area contributed by atoms with E-state index in [2.05, 4.69) is 65.6 Å². The van der Waals surface area contributed by atoms with Gasteiger partial charge in [0.1, 0.15) is 24.0 Å². The summed E-state index contributed by atoms with van der Waals surface area (Å²) in [5, 5.41) is 78.7. The van der Waals surface area contributed by atoms with E-state index >= 15 is 0 Å². The summed E-state index contributed by atoms with van der Waals surface area (Å²) in [7, 11) is 5.23. The number of aliphatic hydroxyl groups is 4. The largest absolute Gasteiger partial charge is 0.508 e. The molecule has 4 heterocycles. The number of hydrogen-bond donors (Lipinski definition) is 10. The lowest BCUT2D eigenvalue weighted by Crippen LogP contribution is -2.59. The molecular weight excluding hydrogens is 1180 g/mol. The molecule has 11 N–H and O–H groups in total. The van der Waals surface area contributed by atoms with Gasteiger partial charge in [0.25, 0.3) is 0 Å². The summed E-state index contributed by atoms with van der Waals surface area (Å²) < 4.78 is 26.1. The van der Waals surface area contributed by atoms with Crippen LogP contribution < -0.4 is 35.9 Å². The number of nitrogens with one attached hydrogen (secondary N) is 3. The molecule has 0 saturated heterocycles. The van der Waals surface area contributed by atoms with Crippen molar-refractivity contribution in [2.45, 2.75) is 204 Å². The summed E-state index contributed by atoms with van der Waals surface area (Å²) in [4.78, 5) is 31.1. The van der Waals surface area contributed by atoms with Crippen molar-refractivity contribution in [2.24, 2.45) is 50.6 Å². The first-order valence-corrected chi connectivity index (χ1v) is 35.5. The van der Waals surface area contributed by atoms with Gasteiger partial charge in [-0.15, -0.1) is 0 Å². The molecule has 6 bridgehead atoms. The third-order valence-corrected chi connectivity index (χ3v) is 24.5. The number of Topliss-reactive ketones (excluding diaryl/α,β-unsaturated/α-hetero) is 2. The molecule has 12 rings (SSSR count). The Morgan fingerprint density at radius 2 is 1.68 bits per heavy atom. The Morgan fingerprint density at radius 3 is 2.46 bits per heavy atom. The van der Waals surface area contributed by atoms with Crippen molar-refractivity contribution < 1.29 is 59.2 Å². The molecule has 9 aliphatic rings. The fourth-order valence-corrected chi connectivity index (χ4v) is 20.2. The van der Waals surface area contributed by atoms with Crippen LogP contribution in [0.25, 0.3) is 0 Å². The monoisotopic (exact) mass is 1270 g/mol. The van der Waals surface area contributed by atoms with Gasteiger partial charge in [0, 0.05) is 78.8 Å². The van der Waals surface area contributed by atoms with Crippen LogP contribution in [-0.4, -0.2) is 130 Å². The van der Waals surface area contributed by atoms with E-state index < -0.39 is 36.7 Å². The third kappa shape index (κ3) is 14.5. The first-order chi connectivity index (χ1) is 43.4. The van der Waals surface area contributed by atoms with E-state index in [-0.39, 0.29) is 133 Å². The van der Waals surface area contributed by atoms with Crippen LogP contribution in [0.3, 0.4) is 0 Å². The van der Waals surface area contributed by atoms with Crippen molar-refractivity contribution >= 4 is 39.1 Å². The van der Waals surface area contributed by atoms with Gasteiger partial charge in [0.2, 0.25) is 6.29 Å². The molecule has 3 aromatic carbocycles. The number of hydrogen-bond acceptors (Lipinski definition) is 19. The highest BCUT2D eigenvalue weighted by Gasteiger charge is 2.58. The average molecular weight is 1270 g/mol. The Kier molecular flexibility index (Phi) is 21.0. The second-order valence-electron chi connectivity index (χ2n) is 28.1. The number of nitrogens with two attached hydrogens (primary N) is 1. The number of rotatable bonds is 11. The van der Waals surface area contributed by atoms with Gasteiger partial charge in [-0.3, -0.25) is 14.9 Å². The van der Waals surface area contributed by atoms with Gasteiger partial charge in [0.15, 0.2) is 35.8 Å². The molecule has 0 amide bonds. The highest BCUT2D eigenvalue weighted by molar-refractivity contribution is 8.76. The second-order valence-corrected chi connectivity index (χ2v) is 30.7. The number of carbonyl (C=O) groups excluding carboxylic acids is 2. The van der Waals surface area contributed by atoms with Crippen molar-refractivity contribution in [1.82, 2.24) is 16.0 Å². The minimum absolute atomic E-state index is 0.00861. The Labute approximate surface area is 539 Å². The molecule has 3 saturated carbocycles. The van der Waals surface area contributed by atoms with Gasteiger partial charge in [0.05, 0.1) is 43.0 Å². The Hall–Kier alpha value is -5.19. The number of methoxy groups -OCH3 is 1. The van der Waals surface area contributed by atoms with Crippen molar-refractivity contribution in [2.75, 3.05) is 45.3 Å². The summed E-state index contributed by atoms with van der Waals surface area (Å²) in [6.45, 7) is 5.44. The normalized spacial score (nSPS) is 31.4. The number of fused-ring (bicyclic) bond motifs is 8. The van der Waals surface area contributed by atoms with Gasteiger partial charge in [-0.1, -0.05) is 90.2 Å². The van der Waals surface area contributed by atoms with E-state index in [4.69, 9.17) is 29.7 Å². The number of nitrogens with zero attached hydrogens (tertiary/aromatic N) is 1. The summed E-state index contributed by atoms with van der Waals surface area (Å²) >= 11 is 0. The van der Waals surface area contributed by atoms with Crippen LogP contribution in [0.2, 0.25) is 0 Å². The minimum Gasteiger partial charge on any atom is -0.508 e. The number of phenolic OH excluding ortho intramolecular Hbond substituents is 2. The number of ether oxygens (including phenoxy) is 4. The van der Waals surface area contributed by atoms with E-state index in [1.54, 1.807) is 47.8 Å². The zero-order chi connectivity index (χ0) is 63.4. The number of aromatic hydroxyl groups is 2. The molecular formula is C71H95N5O12S2. The maximum absolute atomic E-state index is 13.6. The fraction of sp³-hybridized carbons (Fsp3) is 0.648. The predicted octanol–water partition coefficient (Wildman–Crippen LogP) is 8.64. The number of phenols is 2. The van der Waals surface area contributed by atoms with Crippen LogP contribution in [0.15, 0.2) is 41.4 Å². The maximum Gasteiger partial charge on any atom is 0.201 e. The third-order valence-electron chi connectivity index (χ3n) is 22.0. The SMILES string of the molecule is COC(CO)C1(CC2CCC3(CCC4(CCC(NCC(C)=O)c5cc(O)ccc5C4)C3)CC23CC#CC2NC(N)=NC(C(C)C)CSSCC2C2Cc4c5cc(c(c4OC2O)OCN3)CC#Cc2c(ccc(O)c2OCO)CCC(=O)CC(O)CC5)CCCC1. The number of benzene rings is 3. The Balaban J connectivity index is 1.06. The summed E-state index contributed by atoms with van der Waals surface area (Å²) in [5.74, 6) is 16.3. The van der Waals surface area contributed by atoms with Gasteiger partial charge in [-0.05, 0) is 178 Å². The highest BCUT2D eigenvalue weighted by atomic mass is 33.1. The average Bonchev–Trinajstić information content (AvgIpc) is 1.53. The number of ketones is 2. The molecule has 0 radical (unpaired) electrons. The van der Waals surface area contributed by atoms with E-state index in [9.17, 15) is 40.2 Å².